The second-order valence-corrected chi connectivity index (χ2v) is 6.77. The molecular formula is C11H26NO2P. The molecule has 92 valence electrons. The van der Waals surface area contributed by atoms with Crippen molar-refractivity contribution < 1.29 is 9.05 Å². The van der Waals surface area contributed by atoms with Crippen LogP contribution in [0.25, 0.3) is 0 Å². The zero-order valence-electron chi connectivity index (χ0n) is 11.2. The van der Waals surface area contributed by atoms with Crippen molar-refractivity contribution in [3.05, 3.63) is 0 Å². The molecule has 0 aromatic heterocycles. The van der Waals surface area contributed by atoms with Crippen LogP contribution in [0.15, 0.2) is 0 Å². The van der Waals surface area contributed by atoms with E-state index in [0.717, 1.165) is 13.0 Å². The highest BCUT2D eigenvalue weighted by molar-refractivity contribution is 7.45. The van der Waals surface area contributed by atoms with Crippen molar-refractivity contribution in [3.63, 3.8) is 0 Å². The summed E-state index contributed by atoms with van der Waals surface area (Å²) in [7, 11) is -0.993. The van der Waals surface area contributed by atoms with E-state index in [1.807, 2.05) is 41.5 Å². The van der Waals surface area contributed by atoms with Gasteiger partial charge in [0.1, 0.15) is 0 Å². The van der Waals surface area contributed by atoms with Crippen LogP contribution in [0.5, 0.6) is 0 Å². The SMILES string of the molecule is CCCNP(OC(C)(C)C)OC(C)(C)C. The van der Waals surface area contributed by atoms with Gasteiger partial charge in [0.15, 0.2) is 0 Å². The van der Waals surface area contributed by atoms with Gasteiger partial charge >= 0.3 is 0 Å². The summed E-state index contributed by atoms with van der Waals surface area (Å²) in [5.41, 5.74) is -0.338. The molecule has 0 rings (SSSR count). The van der Waals surface area contributed by atoms with E-state index in [1.165, 1.54) is 0 Å². The van der Waals surface area contributed by atoms with Gasteiger partial charge in [0.2, 0.25) is 0 Å². The van der Waals surface area contributed by atoms with E-state index in [2.05, 4.69) is 12.0 Å². The van der Waals surface area contributed by atoms with Crippen molar-refractivity contribution in [1.82, 2.24) is 5.09 Å². The van der Waals surface area contributed by atoms with E-state index in [-0.39, 0.29) is 11.2 Å². The monoisotopic (exact) mass is 235 g/mol. The first kappa shape index (κ1) is 15.3. The Kier molecular flexibility index (Phi) is 6.27. The third-order valence-corrected chi connectivity index (χ3v) is 3.11. The fourth-order valence-corrected chi connectivity index (χ4v) is 2.35. The van der Waals surface area contributed by atoms with Gasteiger partial charge in [-0.05, 0) is 48.0 Å². The lowest BCUT2D eigenvalue weighted by Gasteiger charge is -2.31. The molecule has 0 spiro atoms. The van der Waals surface area contributed by atoms with E-state index < -0.39 is 8.53 Å². The zero-order chi connectivity index (χ0) is 12.1. The molecule has 0 radical (unpaired) electrons. The van der Waals surface area contributed by atoms with E-state index in [1.54, 1.807) is 0 Å². The third kappa shape index (κ3) is 10.6. The molecule has 0 saturated heterocycles. The maximum atomic E-state index is 5.85. The minimum Gasteiger partial charge on any atom is -0.316 e. The normalized spacial score (nSPS) is 13.6. The summed E-state index contributed by atoms with van der Waals surface area (Å²) in [6.45, 7) is 15.3. The lowest BCUT2D eigenvalue weighted by Crippen LogP contribution is -2.27. The second-order valence-electron chi connectivity index (χ2n) is 5.57. The number of rotatable bonds is 5. The Hall–Kier alpha value is 0.310. The third-order valence-electron chi connectivity index (χ3n) is 1.20. The van der Waals surface area contributed by atoms with Gasteiger partial charge in [-0.3, -0.25) is 5.09 Å². The van der Waals surface area contributed by atoms with Crippen molar-refractivity contribution in [3.8, 4) is 0 Å². The first-order valence-corrected chi connectivity index (χ1v) is 6.74. The first-order chi connectivity index (χ1) is 6.64. The first-order valence-electron chi connectivity index (χ1n) is 5.56. The molecule has 4 heteroatoms. The highest BCUT2D eigenvalue weighted by Gasteiger charge is 2.25. The summed E-state index contributed by atoms with van der Waals surface area (Å²) >= 11 is 0. The summed E-state index contributed by atoms with van der Waals surface area (Å²) < 4.78 is 11.7. The predicted molar refractivity (Wildman–Crippen MR) is 66.9 cm³/mol. The Balaban J connectivity index is 4.19. The quantitative estimate of drug-likeness (QED) is 0.734. The van der Waals surface area contributed by atoms with Gasteiger partial charge in [-0.25, -0.2) is 0 Å². The maximum absolute atomic E-state index is 5.85. The van der Waals surface area contributed by atoms with Gasteiger partial charge < -0.3 is 9.05 Å². The van der Waals surface area contributed by atoms with Crippen LogP contribution in [0.1, 0.15) is 54.9 Å². The molecule has 0 aromatic rings. The lowest BCUT2D eigenvalue weighted by atomic mass is 10.2. The molecular weight excluding hydrogens is 209 g/mol. The van der Waals surface area contributed by atoms with Crippen LogP contribution < -0.4 is 5.09 Å². The number of hydrogen-bond donors (Lipinski definition) is 1. The molecule has 0 fully saturated rings. The Bertz CT molecular complexity index is 156. The van der Waals surface area contributed by atoms with E-state index in [4.69, 9.17) is 9.05 Å². The predicted octanol–water partition coefficient (Wildman–Crippen LogP) is 3.84. The van der Waals surface area contributed by atoms with Crippen molar-refractivity contribution in [2.24, 2.45) is 0 Å². The Morgan fingerprint density at radius 1 is 0.933 bits per heavy atom. The summed E-state index contributed by atoms with van der Waals surface area (Å²) in [5.74, 6) is 0. The van der Waals surface area contributed by atoms with Crippen LogP contribution in [0, 0.1) is 0 Å². The van der Waals surface area contributed by atoms with Crippen molar-refractivity contribution in [1.29, 1.82) is 0 Å². The summed E-state index contributed by atoms with van der Waals surface area (Å²) in [6, 6.07) is 0. The molecule has 0 aromatic carbocycles. The molecule has 0 unspecified atom stereocenters. The Morgan fingerprint density at radius 3 is 1.60 bits per heavy atom. The summed E-state index contributed by atoms with van der Waals surface area (Å²) in [4.78, 5) is 0. The molecule has 0 atom stereocenters. The van der Waals surface area contributed by atoms with Gasteiger partial charge in [-0.2, -0.15) is 0 Å². The maximum Gasteiger partial charge on any atom is 0.256 e. The molecule has 1 N–H and O–H groups in total. The smallest absolute Gasteiger partial charge is 0.256 e. The van der Waals surface area contributed by atoms with Crippen LogP contribution in [-0.2, 0) is 9.05 Å². The Labute approximate surface area is 95.9 Å². The molecule has 0 aliphatic heterocycles. The highest BCUT2D eigenvalue weighted by Crippen LogP contribution is 2.42. The Morgan fingerprint density at radius 2 is 1.33 bits per heavy atom. The minimum atomic E-state index is -0.993. The van der Waals surface area contributed by atoms with Crippen LogP contribution in [0.3, 0.4) is 0 Å². The lowest BCUT2D eigenvalue weighted by molar-refractivity contribution is 0.0690. The van der Waals surface area contributed by atoms with E-state index >= 15 is 0 Å². The van der Waals surface area contributed by atoms with Gasteiger partial charge in [0, 0.05) is 6.54 Å². The zero-order valence-corrected chi connectivity index (χ0v) is 12.1. The van der Waals surface area contributed by atoms with Crippen molar-refractivity contribution in [2.45, 2.75) is 66.1 Å². The standard InChI is InChI=1S/C11H26NO2P/c1-8-9-12-15(13-10(2,3)4)14-11(5,6)7/h12H,8-9H2,1-7H3. The molecule has 0 amide bonds. The molecule has 0 saturated carbocycles. The topological polar surface area (TPSA) is 30.5 Å². The second kappa shape index (κ2) is 6.15. The molecule has 0 heterocycles. The van der Waals surface area contributed by atoms with E-state index in [0.29, 0.717) is 0 Å². The van der Waals surface area contributed by atoms with Gasteiger partial charge in [0.25, 0.3) is 8.53 Å². The fourth-order valence-electron chi connectivity index (χ4n) is 0.784. The highest BCUT2D eigenvalue weighted by atomic mass is 31.2. The molecule has 15 heavy (non-hydrogen) atoms. The van der Waals surface area contributed by atoms with Crippen LogP contribution in [0.4, 0.5) is 0 Å². The molecule has 0 bridgehead atoms. The molecule has 0 aliphatic rings. The fraction of sp³-hybridized carbons (Fsp3) is 1.00. The van der Waals surface area contributed by atoms with Crippen LogP contribution >= 0.6 is 8.53 Å². The molecule has 3 nitrogen and oxygen atoms in total. The molecule has 0 aliphatic carbocycles. The van der Waals surface area contributed by atoms with Crippen LogP contribution in [0.2, 0.25) is 0 Å². The van der Waals surface area contributed by atoms with Gasteiger partial charge in [-0.1, -0.05) is 6.92 Å². The van der Waals surface area contributed by atoms with E-state index in [9.17, 15) is 0 Å². The largest absolute Gasteiger partial charge is 0.316 e. The number of nitrogens with one attached hydrogen (secondary N) is 1. The van der Waals surface area contributed by atoms with Gasteiger partial charge in [-0.15, -0.1) is 0 Å². The summed E-state index contributed by atoms with van der Waals surface area (Å²) in [6.07, 6.45) is 1.08. The minimum absolute atomic E-state index is 0.169. The average molecular weight is 235 g/mol. The number of hydrogen-bond acceptors (Lipinski definition) is 3. The van der Waals surface area contributed by atoms with Gasteiger partial charge in [0.05, 0.1) is 11.2 Å². The van der Waals surface area contributed by atoms with Crippen molar-refractivity contribution in [2.75, 3.05) is 6.54 Å². The average Bonchev–Trinajstić information content (AvgIpc) is 1.94. The van der Waals surface area contributed by atoms with Crippen molar-refractivity contribution >= 4 is 8.53 Å². The summed E-state index contributed by atoms with van der Waals surface area (Å²) in [5, 5.41) is 3.30. The van der Waals surface area contributed by atoms with Crippen LogP contribution in [-0.4, -0.2) is 17.7 Å².